The normalized spacial score (nSPS) is 15.3. The maximum absolute atomic E-state index is 12.4. The first-order valence-corrected chi connectivity index (χ1v) is 8.77. The summed E-state index contributed by atoms with van der Waals surface area (Å²) in [7, 11) is 0. The van der Waals surface area contributed by atoms with E-state index < -0.39 is 0 Å². The van der Waals surface area contributed by atoms with Crippen LogP contribution in [0.15, 0.2) is 36.4 Å². The lowest BCUT2D eigenvalue weighted by molar-refractivity contribution is 0.0793. The van der Waals surface area contributed by atoms with Gasteiger partial charge in [-0.3, -0.25) is 4.79 Å². The Morgan fingerprint density at radius 3 is 2.18 bits per heavy atom. The fourth-order valence-corrected chi connectivity index (χ4v) is 3.85. The van der Waals surface area contributed by atoms with Gasteiger partial charge >= 0.3 is 0 Å². The molecular weight excluding hydrogens is 290 g/mol. The number of amides is 1. The molecule has 22 heavy (non-hydrogen) atoms. The van der Waals surface area contributed by atoms with E-state index in [0.717, 1.165) is 31.5 Å². The van der Waals surface area contributed by atoms with Gasteiger partial charge in [-0.05, 0) is 48.1 Å². The second-order valence-corrected chi connectivity index (χ2v) is 8.07. The Labute approximate surface area is 136 Å². The highest BCUT2D eigenvalue weighted by Gasteiger charge is 2.20. The third-order valence-electron chi connectivity index (χ3n) is 4.15. The number of benzene rings is 1. The molecule has 0 N–H and O–H groups in total. The fraction of sp³-hybridized carbons (Fsp3) is 0.421. The predicted octanol–water partition coefficient (Wildman–Crippen LogP) is 4.95. The van der Waals surface area contributed by atoms with Crippen LogP contribution < -0.4 is 0 Å². The molecule has 116 valence electrons. The zero-order valence-electron chi connectivity index (χ0n) is 13.6. The predicted molar refractivity (Wildman–Crippen MR) is 93.6 cm³/mol. The van der Waals surface area contributed by atoms with E-state index >= 15 is 0 Å². The van der Waals surface area contributed by atoms with Crippen molar-refractivity contribution in [3.63, 3.8) is 0 Å². The zero-order valence-corrected chi connectivity index (χ0v) is 14.4. The number of hydrogen-bond donors (Lipinski definition) is 0. The van der Waals surface area contributed by atoms with E-state index in [1.807, 2.05) is 28.4 Å². The third kappa shape index (κ3) is 3.09. The molecule has 2 heterocycles. The Hall–Kier alpha value is -1.61. The van der Waals surface area contributed by atoms with Crippen LogP contribution in [0, 0.1) is 0 Å². The van der Waals surface area contributed by atoms with Gasteiger partial charge in [0.2, 0.25) is 0 Å². The van der Waals surface area contributed by atoms with Crippen LogP contribution in [0.5, 0.6) is 0 Å². The van der Waals surface area contributed by atoms with E-state index in [0.29, 0.717) is 0 Å². The molecule has 0 radical (unpaired) electrons. The van der Waals surface area contributed by atoms with Crippen LogP contribution in [0.2, 0.25) is 0 Å². The molecule has 1 aromatic heterocycles. The second kappa shape index (κ2) is 5.88. The summed E-state index contributed by atoms with van der Waals surface area (Å²) in [5, 5.41) is 0. The Bertz CT molecular complexity index is 657. The van der Waals surface area contributed by atoms with Crippen LogP contribution >= 0.6 is 11.3 Å². The monoisotopic (exact) mass is 313 g/mol. The number of carbonyl (C=O) groups is 1. The van der Waals surface area contributed by atoms with Gasteiger partial charge in [0.25, 0.3) is 5.91 Å². The molecule has 1 aliphatic heterocycles. The summed E-state index contributed by atoms with van der Waals surface area (Å²) in [5.41, 5.74) is 2.19. The lowest BCUT2D eigenvalue weighted by Crippen LogP contribution is -2.27. The van der Waals surface area contributed by atoms with Crippen molar-refractivity contribution in [2.75, 3.05) is 13.1 Å². The quantitative estimate of drug-likeness (QED) is 0.768. The van der Waals surface area contributed by atoms with Crippen molar-refractivity contribution in [3.05, 3.63) is 46.8 Å². The topological polar surface area (TPSA) is 20.3 Å². The SMILES string of the molecule is CC(C)(C)c1ccc(-c2ccc(C(=O)N3CCCC3)cc2)s1. The molecule has 1 aliphatic rings. The molecule has 0 aliphatic carbocycles. The first-order valence-electron chi connectivity index (χ1n) is 7.95. The van der Waals surface area contributed by atoms with Gasteiger partial charge in [0.15, 0.2) is 0 Å². The average Bonchev–Trinajstić information content (AvgIpc) is 3.17. The minimum Gasteiger partial charge on any atom is -0.339 e. The molecule has 2 aromatic rings. The molecule has 2 nitrogen and oxygen atoms in total. The van der Waals surface area contributed by atoms with Crippen molar-refractivity contribution in [2.45, 2.75) is 39.0 Å². The molecule has 0 saturated carbocycles. The highest BCUT2D eigenvalue weighted by atomic mass is 32.1. The largest absolute Gasteiger partial charge is 0.339 e. The van der Waals surface area contributed by atoms with Crippen LogP contribution in [-0.2, 0) is 5.41 Å². The maximum atomic E-state index is 12.4. The average molecular weight is 313 g/mol. The van der Waals surface area contributed by atoms with E-state index in [1.54, 1.807) is 0 Å². The zero-order chi connectivity index (χ0) is 15.7. The standard InChI is InChI=1S/C19H23NOS/c1-19(2,3)17-11-10-16(22-17)14-6-8-15(9-7-14)18(21)20-12-4-5-13-20/h6-11H,4-5,12-13H2,1-3H3. The van der Waals surface area contributed by atoms with Crippen LogP contribution in [0.3, 0.4) is 0 Å². The summed E-state index contributed by atoms with van der Waals surface area (Å²) >= 11 is 1.84. The van der Waals surface area contributed by atoms with Gasteiger partial charge in [-0.25, -0.2) is 0 Å². The van der Waals surface area contributed by atoms with E-state index in [9.17, 15) is 4.79 Å². The molecule has 0 unspecified atom stereocenters. The van der Waals surface area contributed by atoms with E-state index in [4.69, 9.17) is 0 Å². The molecule has 1 amide bonds. The van der Waals surface area contributed by atoms with Crippen molar-refractivity contribution in [3.8, 4) is 10.4 Å². The summed E-state index contributed by atoms with van der Waals surface area (Å²) < 4.78 is 0. The van der Waals surface area contributed by atoms with Crippen LogP contribution in [0.1, 0.15) is 48.8 Å². The van der Waals surface area contributed by atoms with Crippen molar-refractivity contribution < 1.29 is 4.79 Å². The van der Waals surface area contributed by atoms with Crippen LogP contribution in [-0.4, -0.2) is 23.9 Å². The summed E-state index contributed by atoms with van der Waals surface area (Å²) in [6.07, 6.45) is 2.27. The molecule has 0 bridgehead atoms. The molecule has 3 heteroatoms. The van der Waals surface area contributed by atoms with Crippen LogP contribution in [0.25, 0.3) is 10.4 Å². The molecule has 0 spiro atoms. The molecular formula is C19H23NOS. The van der Waals surface area contributed by atoms with E-state index in [1.165, 1.54) is 15.3 Å². The molecule has 0 atom stereocenters. The molecule has 3 rings (SSSR count). The van der Waals surface area contributed by atoms with Crippen molar-refractivity contribution >= 4 is 17.2 Å². The minimum atomic E-state index is 0.172. The van der Waals surface area contributed by atoms with Gasteiger partial charge in [0, 0.05) is 28.4 Å². The third-order valence-corrected chi connectivity index (χ3v) is 5.71. The number of nitrogens with zero attached hydrogens (tertiary/aromatic N) is 1. The van der Waals surface area contributed by atoms with Crippen molar-refractivity contribution in [1.29, 1.82) is 0 Å². The Kier molecular flexibility index (Phi) is 4.09. The summed E-state index contributed by atoms with van der Waals surface area (Å²) in [6.45, 7) is 8.52. The van der Waals surface area contributed by atoms with Crippen molar-refractivity contribution in [1.82, 2.24) is 4.90 Å². The maximum Gasteiger partial charge on any atom is 0.253 e. The van der Waals surface area contributed by atoms with Crippen molar-refractivity contribution in [2.24, 2.45) is 0 Å². The number of carbonyl (C=O) groups excluding carboxylic acids is 1. The Morgan fingerprint density at radius 1 is 1.00 bits per heavy atom. The highest BCUT2D eigenvalue weighted by molar-refractivity contribution is 7.15. The molecule has 1 saturated heterocycles. The van der Waals surface area contributed by atoms with Gasteiger partial charge in [-0.2, -0.15) is 0 Å². The molecule has 1 aromatic carbocycles. The first kappa shape index (κ1) is 15.3. The first-order chi connectivity index (χ1) is 10.4. The van der Waals surface area contributed by atoms with Crippen LogP contribution in [0.4, 0.5) is 0 Å². The number of rotatable bonds is 2. The lowest BCUT2D eigenvalue weighted by atomic mass is 9.95. The number of thiophene rings is 1. The summed E-state index contributed by atoms with van der Waals surface area (Å²) in [6, 6.07) is 12.5. The highest BCUT2D eigenvalue weighted by Crippen LogP contribution is 2.35. The minimum absolute atomic E-state index is 0.172. The summed E-state index contributed by atoms with van der Waals surface area (Å²) in [5.74, 6) is 0.172. The van der Waals surface area contributed by atoms with E-state index in [2.05, 4.69) is 45.0 Å². The van der Waals surface area contributed by atoms with Gasteiger partial charge in [-0.1, -0.05) is 32.9 Å². The second-order valence-electron chi connectivity index (χ2n) is 6.99. The van der Waals surface area contributed by atoms with Gasteiger partial charge in [0.1, 0.15) is 0 Å². The van der Waals surface area contributed by atoms with Gasteiger partial charge in [0.05, 0.1) is 0 Å². The fourth-order valence-electron chi connectivity index (χ4n) is 2.78. The number of likely N-dealkylation sites (tertiary alicyclic amines) is 1. The van der Waals surface area contributed by atoms with Gasteiger partial charge in [-0.15, -0.1) is 11.3 Å². The van der Waals surface area contributed by atoms with E-state index in [-0.39, 0.29) is 11.3 Å². The lowest BCUT2D eigenvalue weighted by Gasteiger charge is -2.15. The smallest absolute Gasteiger partial charge is 0.253 e. The van der Waals surface area contributed by atoms with Gasteiger partial charge < -0.3 is 4.90 Å². The Morgan fingerprint density at radius 2 is 1.64 bits per heavy atom. The molecule has 1 fully saturated rings. The Balaban J connectivity index is 1.79. The summed E-state index contributed by atoms with van der Waals surface area (Å²) in [4.78, 5) is 17.0. The number of hydrogen-bond acceptors (Lipinski definition) is 2.